The summed E-state index contributed by atoms with van der Waals surface area (Å²) in [7, 11) is -2.50. The van der Waals surface area contributed by atoms with Crippen molar-refractivity contribution in [1.82, 2.24) is 9.71 Å². The lowest BCUT2D eigenvalue weighted by Crippen LogP contribution is -2.23. The second-order valence-corrected chi connectivity index (χ2v) is 7.78. The molecule has 0 radical (unpaired) electrons. The number of aryl methyl sites for hydroxylation is 1. The van der Waals surface area contributed by atoms with E-state index in [2.05, 4.69) is 14.4 Å². The van der Waals surface area contributed by atoms with Crippen molar-refractivity contribution in [3.8, 4) is 5.75 Å². The van der Waals surface area contributed by atoms with Crippen LogP contribution in [0.4, 0.5) is 0 Å². The molecule has 0 saturated carbocycles. The molecule has 24 heavy (non-hydrogen) atoms. The van der Waals surface area contributed by atoms with E-state index in [9.17, 15) is 13.2 Å². The summed E-state index contributed by atoms with van der Waals surface area (Å²) >= 11 is 7.38. The molecule has 7 nitrogen and oxygen atoms in total. The average Bonchev–Trinajstić information content (AvgIpc) is 2.97. The van der Waals surface area contributed by atoms with Gasteiger partial charge in [-0.2, -0.15) is 0 Å². The summed E-state index contributed by atoms with van der Waals surface area (Å²) in [6, 6.07) is 3.98. The van der Waals surface area contributed by atoms with E-state index in [1.807, 2.05) is 12.3 Å². The molecule has 130 valence electrons. The van der Waals surface area contributed by atoms with Gasteiger partial charge in [0.25, 0.3) is 0 Å². The van der Waals surface area contributed by atoms with E-state index in [0.717, 1.165) is 5.69 Å². The maximum Gasteiger partial charge on any atom is 0.343 e. The first-order valence-corrected chi connectivity index (χ1v) is 9.46. The zero-order valence-electron chi connectivity index (χ0n) is 12.9. The van der Waals surface area contributed by atoms with Crippen molar-refractivity contribution in [1.29, 1.82) is 0 Å². The Morgan fingerprint density at radius 2 is 2.17 bits per heavy atom. The van der Waals surface area contributed by atoms with Gasteiger partial charge in [-0.1, -0.05) is 11.6 Å². The van der Waals surface area contributed by atoms with Crippen molar-refractivity contribution < 1.29 is 22.7 Å². The third-order valence-corrected chi connectivity index (χ3v) is 5.53. The van der Waals surface area contributed by atoms with E-state index in [0.29, 0.717) is 5.01 Å². The van der Waals surface area contributed by atoms with E-state index < -0.39 is 16.0 Å². The van der Waals surface area contributed by atoms with Crippen LogP contribution in [0.15, 0.2) is 28.5 Å². The van der Waals surface area contributed by atoms with Crippen molar-refractivity contribution in [2.45, 2.75) is 18.4 Å². The molecule has 2 rings (SSSR count). The Kier molecular flexibility index (Phi) is 6.16. The van der Waals surface area contributed by atoms with Crippen molar-refractivity contribution in [2.75, 3.05) is 13.7 Å². The molecule has 1 aromatic carbocycles. The molecule has 0 amide bonds. The molecule has 0 spiro atoms. The minimum atomic E-state index is -3.74. The molecule has 0 bridgehead atoms. The van der Waals surface area contributed by atoms with Gasteiger partial charge in [0, 0.05) is 11.1 Å². The first kappa shape index (κ1) is 18.7. The van der Waals surface area contributed by atoms with E-state index in [1.165, 1.54) is 36.6 Å². The monoisotopic (exact) mass is 390 g/mol. The van der Waals surface area contributed by atoms with Gasteiger partial charge in [-0.15, -0.1) is 11.3 Å². The molecule has 0 atom stereocenters. The lowest BCUT2D eigenvalue weighted by molar-refractivity contribution is -0.142. The maximum atomic E-state index is 12.3. The summed E-state index contributed by atoms with van der Waals surface area (Å²) in [4.78, 5) is 15.2. The molecular formula is C14H15ClN2O5S2. The number of rotatable bonds is 7. The number of nitrogens with zero attached hydrogens (tertiary/aromatic N) is 1. The average molecular weight is 391 g/mol. The summed E-state index contributed by atoms with van der Waals surface area (Å²) in [6.07, 6.45) is 0. The van der Waals surface area contributed by atoms with Crippen LogP contribution >= 0.6 is 22.9 Å². The SMILES string of the molecule is COC(=O)COc1ccc(S(=O)(=O)NCc2nc(C)cs2)cc1Cl. The van der Waals surface area contributed by atoms with Crippen LogP contribution in [0.25, 0.3) is 0 Å². The minimum Gasteiger partial charge on any atom is -0.480 e. The van der Waals surface area contributed by atoms with Crippen LogP contribution in [-0.4, -0.2) is 33.1 Å². The van der Waals surface area contributed by atoms with Gasteiger partial charge in [-0.3, -0.25) is 0 Å². The first-order chi connectivity index (χ1) is 11.3. The van der Waals surface area contributed by atoms with Crippen molar-refractivity contribution in [2.24, 2.45) is 0 Å². The second-order valence-electron chi connectivity index (χ2n) is 4.66. The van der Waals surface area contributed by atoms with E-state index in [4.69, 9.17) is 16.3 Å². The highest BCUT2D eigenvalue weighted by Crippen LogP contribution is 2.27. The fourth-order valence-corrected chi connectivity index (χ4v) is 3.80. The number of aromatic nitrogens is 1. The summed E-state index contributed by atoms with van der Waals surface area (Å²) in [5.41, 5.74) is 0.837. The molecule has 1 aromatic heterocycles. The number of halogens is 1. The predicted molar refractivity (Wildman–Crippen MR) is 89.8 cm³/mol. The Morgan fingerprint density at radius 1 is 1.42 bits per heavy atom. The summed E-state index contributed by atoms with van der Waals surface area (Å²) in [6.45, 7) is 1.62. The first-order valence-electron chi connectivity index (χ1n) is 6.71. The van der Waals surface area contributed by atoms with Gasteiger partial charge in [0.1, 0.15) is 10.8 Å². The fraction of sp³-hybridized carbons (Fsp3) is 0.286. The summed E-state index contributed by atoms with van der Waals surface area (Å²) in [5, 5.41) is 2.58. The van der Waals surface area contributed by atoms with Gasteiger partial charge in [0.05, 0.1) is 23.6 Å². The van der Waals surface area contributed by atoms with Crippen LogP contribution in [0.3, 0.4) is 0 Å². The number of thiazole rings is 1. The number of sulfonamides is 1. The summed E-state index contributed by atoms with van der Waals surface area (Å²) < 4.78 is 36.6. The molecule has 10 heteroatoms. The Balaban J connectivity index is 2.07. The maximum absolute atomic E-state index is 12.3. The van der Waals surface area contributed by atoms with Crippen LogP contribution in [0.1, 0.15) is 10.7 Å². The Bertz CT molecular complexity index is 835. The van der Waals surface area contributed by atoms with Gasteiger partial charge in [-0.05, 0) is 25.1 Å². The number of nitrogens with one attached hydrogen (secondary N) is 1. The number of carbonyl (C=O) groups excluding carboxylic acids is 1. The number of methoxy groups -OCH3 is 1. The Morgan fingerprint density at radius 3 is 2.75 bits per heavy atom. The smallest absolute Gasteiger partial charge is 0.343 e. The third kappa shape index (κ3) is 4.91. The highest BCUT2D eigenvalue weighted by atomic mass is 35.5. The normalized spacial score (nSPS) is 11.3. The highest BCUT2D eigenvalue weighted by molar-refractivity contribution is 7.89. The second kappa shape index (κ2) is 7.93. The van der Waals surface area contributed by atoms with E-state index in [-0.39, 0.29) is 28.8 Å². The minimum absolute atomic E-state index is 0.00815. The number of benzene rings is 1. The van der Waals surface area contributed by atoms with Crippen LogP contribution in [-0.2, 0) is 26.1 Å². The topological polar surface area (TPSA) is 94.6 Å². The fourth-order valence-electron chi connectivity index (χ4n) is 1.69. The molecule has 1 heterocycles. The molecule has 0 aliphatic heterocycles. The molecule has 2 aromatic rings. The molecule has 1 N–H and O–H groups in total. The van der Waals surface area contributed by atoms with Crippen molar-refractivity contribution in [3.05, 3.63) is 39.3 Å². The van der Waals surface area contributed by atoms with Crippen molar-refractivity contribution in [3.63, 3.8) is 0 Å². The van der Waals surface area contributed by atoms with E-state index in [1.54, 1.807) is 0 Å². The van der Waals surface area contributed by atoms with Crippen LogP contribution < -0.4 is 9.46 Å². The Hall–Kier alpha value is -1.68. The molecule has 0 fully saturated rings. The largest absolute Gasteiger partial charge is 0.480 e. The van der Waals surface area contributed by atoms with Crippen molar-refractivity contribution >= 4 is 38.9 Å². The number of esters is 1. The highest BCUT2D eigenvalue weighted by Gasteiger charge is 2.17. The number of ether oxygens (including phenoxy) is 2. The quantitative estimate of drug-likeness (QED) is 0.728. The van der Waals surface area contributed by atoms with Gasteiger partial charge in [-0.25, -0.2) is 22.9 Å². The zero-order valence-corrected chi connectivity index (χ0v) is 15.3. The molecule has 0 aliphatic carbocycles. The summed E-state index contributed by atoms with van der Waals surface area (Å²) in [5.74, 6) is -0.375. The van der Waals surface area contributed by atoms with Crippen LogP contribution in [0.2, 0.25) is 5.02 Å². The van der Waals surface area contributed by atoms with Crippen LogP contribution in [0, 0.1) is 6.92 Å². The predicted octanol–water partition coefficient (Wildman–Crippen LogP) is 2.14. The lowest BCUT2D eigenvalue weighted by atomic mass is 10.3. The standard InChI is InChI=1S/C14H15ClN2O5S2/c1-9-8-23-13(17-9)6-16-24(19,20)10-3-4-12(11(15)5-10)22-7-14(18)21-2/h3-5,8,16H,6-7H2,1-2H3. The molecule has 0 saturated heterocycles. The zero-order chi connectivity index (χ0) is 17.7. The number of hydrogen-bond donors (Lipinski definition) is 1. The molecular weight excluding hydrogens is 376 g/mol. The van der Waals surface area contributed by atoms with Crippen LogP contribution in [0.5, 0.6) is 5.75 Å². The number of carbonyl (C=O) groups is 1. The molecule has 0 aliphatic rings. The lowest BCUT2D eigenvalue weighted by Gasteiger charge is -2.09. The van der Waals surface area contributed by atoms with Gasteiger partial charge >= 0.3 is 5.97 Å². The van der Waals surface area contributed by atoms with Gasteiger partial charge in [0.2, 0.25) is 10.0 Å². The number of hydrogen-bond acceptors (Lipinski definition) is 7. The molecule has 0 unspecified atom stereocenters. The Labute approximate surface area is 148 Å². The third-order valence-electron chi connectivity index (χ3n) is 2.87. The van der Waals surface area contributed by atoms with E-state index >= 15 is 0 Å². The van der Waals surface area contributed by atoms with Gasteiger partial charge in [0.15, 0.2) is 6.61 Å². The van der Waals surface area contributed by atoms with Gasteiger partial charge < -0.3 is 9.47 Å².